The van der Waals surface area contributed by atoms with Gasteiger partial charge in [-0.25, -0.2) is 4.79 Å². The Morgan fingerprint density at radius 1 is 1.47 bits per heavy atom. The molecule has 0 spiro atoms. The fourth-order valence-electron chi connectivity index (χ4n) is 1.50. The maximum Gasteiger partial charge on any atom is 0.335 e. The summed E-state index contributed by atoms with van der Waals surface area (Å²) in [6.45, 7) is 1.16. The fraction of sp³-hybridized carbons (Fsp3) is 0.167. The Kier molecular flexibility index (Phi) is 3.40. The highest BCUT2D eigenvalue weighted by atomic mass is 16.4. The first-order valence-electron chi connectivity index (χ1n) is 5.27. The number of carbonyl (C=O) groups is 1. The van der Waals surface area contributed by atoms with Crippen molar-refractivity contribution in [3.05, 3.63) is 53.6 Å². The van der Waals surface area contributed by atoms with E-state index in [-0.39, 0.29) is 0 Å². The van der Waals surface area contributed by atoms with E-state index in [1.165, 1.54) is 0 Å². The molecule has 0 saturated carbocycles. The van der Waals surface area contributed by atoms with E-state index in [1.807, 2.05) is 12.1 Å². The highest BCUT2D eigenvalue weighted by Crippen LogP contribution is 2.05. The first-order valence-corrected chi connectivity index (χ1v) is 5.27. The van der Waals surface area contributed by atoms with Crippen LogP contribution in [0.1, 0.15) is 5.56 Å². The van der Waals surface area contributed by atoms with E-state index in [9.17, 15) is 4.79 Å². The number of pyridine rings is 1. The molecule has 1 aromatic heterocycles. The van der Waals surface area contributed by atoms with Gasteiger partial charge in [-0.2, -0.15) is 0 Å². The molecule has 5 nitrogen and oxygen atoms in total. The topological polar surface area (TPSA) is 74.2 Å². The van der Waals surface area contributed by atoms with Crippen molar-refractivity contribution in [1.29, 1.82) is 0 Å². The van der Waals surface area contributed by atoms with Gasteiger partial charge in [0.2, 0.25) is 0 Å². The van der Waals surface area contributed by atoms with Crippen molar-refractivity contribution in [3.63, 3.8) is 0 Å². The maximum absolute atomic E-state index is 10.8. The summed E-state index contributed by atoms with van der Waals surface area (Å²) in [5, 5.41) is 15.1. The third-order valence-electron chi connectivity index (χ3n) is 2.39. The SMILES string of the molecule is O=C(O)C1=CCNC(NCc2ccncc2)=C1. The smallest absolute Gasteiger partial charge is 0.335 e. The van der Waals surface area contributed by atoms with Crippen molar-refractivity contribution in [2.45, 2.75) is 6.54 Å². The number of carboxylic acids is 1. The standard InChI is InChI=1S/C12H13N3O2/c16-12(17)10-3-6-14-11(7-10)15-8-9-1-4-13-5-2-9/h1-5,7,14-15H,6,8H2,(H,16,17). The molecule has 17 heavy (non-hydrogen) atoms. The van der Waals surface area contributed by atoms with Gasteiger partial charge >= 0.3 is 5.97 Å². The van der Waals surface area contributed by atoms with Crippen LogP contribution in [0.4, 0.5) is 0 Å². The zero-order valence-electron chi connectivity index (χ0n) is 9.18. The number of nitrogens with zero attached hydrogens (tertiary/aromatic N) is 1. The highest BCUT2D eigenvalue weighted by molar-refractivity contribution is 5.90. The number of nitrogens with one attached hydrogen (secondary N) is 2. The third kappa shape index (κ3) is 3.07. The lowest BCUT2D eigenvalue weighted by atomic mass is 10.2. The van der Waals surface area contributed by atoms with Crippen LogP contribution in [0.15, 0.2) is 48.1 Å². The van der Waals surface area contributed by atoms with Crippen molar-refractivity contribution in [3.8, 4) is 0 Å². The van der Waals surface area contributed by atoms with Gasteiger partial charge in [0, 0.05) is 25.5 Å². The lowest BCUT2D eigenvalue weighted by Gasteiger charge is -2.16. The molecule has 1 aliphatic heterocycles. The summed E-state index contributed by atoms with van der Waals surface area (Å²) >= 11 is 0. The van der Waals surface area contributed by atoms with E-state index in [4.69, 9.17) is 5.11 Å². The quantitative estimate of drug-likeness (QED) is 0.708. The largest absolute Gasteiger partial charge is 0.478 e. The lowest BCUT2D eigenvalue weighted by molar-refractivity contribution is -0.132. The van der Waals surface area contributed by atoms with Crippen molar-refractivity contribution in [2.24, 2.45) is 0 Å². The summed E-state index contributed by atoms with van der Waals surface area (Å²) in [7, 11) is 0. The molecule has 1 aliphatic rings. The monoisotopic (exact) mass is 231 g/mol. The number of rotatable bonds is 4. The van der Waals surface area contributed by atoms with Crippen LogP contribution in [0.3, 0.4) is 0 Å². The molecule has 0 aromatic carbocycles. The van der Waals surface area contributed by atoms with Crippen LogP contribution >= 0.6 is 0 Å². The van der Waals surface area contributed by atoms with Gasteiger partial charge in [-0.3, -0.25) is 4.98 Å². The predicted octanol–water partition coefficient (Wildman–Crippen LogP) is 0.627. The van der Waals surface area contributed by atoms with Crippen molar-refractivity contribution >= 4 is 5.97 Å². The Morgan fingerprint density at radius 2 is 2.24 bits per heavy atom. The zero-order chi connectivity index (χ0) is 12.1. The summed E-state index contributed by atoms with van der Waals surface area (Å²) in [6.07, 6.45) is 6.68. The Hall–Kier alpha value is -2.30. The first-order chi connectivity index (χ1) is 8.25. The minimum absolute atomic E-state index is 0.306. The minimum atomic E-state index is -0.908. The van der Waals surface area contributed by atoms with E-state index in [0.29, 0.717) is 18.7 Å². The maximum atomic E-state index is 10.8. The van der Waals surface area contributed by atoms with Crippen LogP contribution in [0.25, 0.3) is 0 Å². The molecule has 3 N–H and O–H groups in total. The summed E-state index contributed by atoms with van der Waals surface area (Å²) in [5.41, 5.74) is 1.40. The molecule has 88 valence electrons. The summed E-state index contributed by atoms with van der Waals surface area (Å²) in [5.74, 6) is -0.184. The van der Waals surface area contributed by atoms with Gasteiger partial charge < -0.3 is 15.7 Å². The molecule has 5 heteroatoms. The molecule has 0 bridgehead atoms. The molecule has 1 aromatic rings. The van der Waals surface area contributed by atoms with Crippen molar-refractivity contribution in [1.82, 2.24) is 15.6 Å². The summed E-state index contributed by atoms with van der Waals surface area (Å²) < 4.78 is 0. The van der Waals surface area contributed by atoms with Gasteiger partial charge in [-0.15, -0.1) is 0 Å². The normalized spacial score (nSPS) is 14.4. The minimum Gasteiger partial charge on any atom is -0.478 e. The fourth-order valence-corrected chi connectivity index (χ4v) is 1.50. The molecule has 2 rings (SSSR count). The van der Waals surface area contributed by atoms with Crippen LogP contribution in [0.2, 0.25) is 0 Å². The van der Waals surface area contributed by atoms with E-state index in [2.05, 4.69) is 15.6 Å². The molecule has 0 fully saturated rings. The van der Waals surface area contributed by atoms with E-state index >= 15 is 0 Å². The number of aliphatic carboxylic acids is 1. The van der Waals surface area contributed by atoms with Crippen molar-refractivity contribution in [2.75, 3.05) is 6.54 Å². The molecule has 0 aliphatic carbocycles. The van der Waals surface area contributed by atoms with Crippen LogP contribution in [0.5, 0.6) is 0 Å². The van der Waals surface area contributed by atoms with Crippen molar-refractivity contribution < 1.29 is 9.90 Å². The number of aromatic nitrogens is 1. The van der Waals surface area contributed by atoms with E-state index < -0.39 is 5.97 Å². The third-order valence-corrected chi connectivity index (χ3v) is 2.39. The first kappa shape index (κ1) is 11.2. The molecular weight excluding hydrogens is 218 g/mol. The number of dihydropyridines is 1. The molecule has 0 amide bonds. The number of carboxylic acid groups (broad SMARTS) is 1. The van der Waals surface area contributed by atoms with Crippen LogP contribution in [-0.2, 0) is 11.3 Å². The Morgan fingerprint density at radius 3 is 2.94 bits per heavy atom. The zero-order valence-corrected chi connectivity index (χ0v) is 9.18. The number of hydrogen-bond acceptors (Lipinski definition) is 4. The van der Waals surface area contributed by atoms with Gasteiger partial charge in [-0.05, 0) is 23.8 Å². The lowest BCUT2D eigenvalue weighted by Crippen LogP contribution is -2.29. The highest BCUT2D eigenvalue weighted by Gasteiger charge is 2.09. The second-order valence-electron chi connectivity index (χ2n) is 3.61. The van der Waals surface area contributed by atoms with E-state index in [0.717, 1.165) is 11.4 Å². The van der Waals surface area contributed by atoms with Gasteiger partial charge in [0.05, 0.1) is 11.4 Å². The molecule has 0 radical (unpaired) electrons. The van der Waals surface area contributed by atoms with Gasteiger partial charge in [-0.1, -0.05) is 6.08 Å². The Labute approximate surface area is 98.9 Å². The molecule has 2 heterocycles. The number of hydrogen-bond donors (Lipinski definition) is 3. The Balaban J connectivity index is 1.96. The predicted molar refractivity (Wildman–Crippen MR) is 62.9 cm³/mol. The average Bonchev–Trinajstić information content (AvgIpc) is 2.38. The van der Waals surface area contributed by atoms with Gasteiger partial charge in [0.15, 0.2) is 0 Å². The molecule has 0 saturated heterocycles. The Bertz CT molecular complexity index is 466. The molecule has 0 atom stereocenters. The van der Waals surface area contributed by atoms with Crippen LogP contribution < -0.4 is 10.6 Å². The van der Waals surface area contributed by atoms with Gasteiger partial charge in [0.1, 0.15) is 0 Å². The summed E-state index contributed by atoms with van der Waals surface area (Å²) in [6, 6.07) is 3.81. The van der Waals surface area contributed by atoms with E-state index in [1.54, 1.807) is 24.5 Å². The second-order valence-corrected chi connectivity index (χ2v) is 3.61. The average molecular weight is 231 g/mol. The molecule has 0 unspecified atom stereocenters. The van der Waals surface area contributed by atoms with Gasteiger partial charge in [0.25, 0.3) is 0 Å². The van der Waals surface area contributed by atoms with Crippen LogP contribution in [-0.4, -0.2) is 22.6 Å². The second kappa shape index (κ2) is 5.16. The summed E-state index contributed by atoms with van der Waals surface area (Å²) in [4.78, 5) is 14.7. The molecular formula is C12H13N3O2. The van der Waals surface area contributed by atoms with Crippen LogP contribution in [0, 0.1) is 0 Å².